The fraction of sp³-hybridized carbons (Fsp3) is 0.667. The van der Waals surface area contributed by atoms with Gasteiger partial charge in [-0.25, -0.2) is 9.48 Å². The number of hydrogen-bond acceptors (Lipinski definition) is 7. The van der Waals surface area contributed by atoms with E-state index in [-0.39, 0.29) is 19.6 Å². The lowest BCUT2D eigenvalue weighted by molar-refractivity contribution is -0.144. The summed E-state index contributed by atoms with van der Waals surface area (Å²) in [5, 5.41) is 21.6. The van der Waals surface area contributed by atoms with Gasteiger partial charge in [0.2, 0.25) is 5.91 Å². The van der Waals surface area contributed by atoms with Gasteiger partial charge in [0.05, 0.1) is 0 Å². The quantitative estimate of drug-likeness (QED) is 0.657. The second kappa shape index (κ2) is 8.06. The predicted molar refractivity (Wildman–Crippen MR) is 76.3 cm³/mol. The SMILES string of the molecule is CC(C)(C)OC(=O)NCCN(CC(=O)O)C(=O)Cn1cnnn1. The number of tetrazole rings is 1. The molecule has 1 rings (SSSR count). The Labute approximate surface area is 132 Å². The van der Waals surface area contributed by atoms with Crippen molar-refractivity contribution in [3.63, 3.8) is 0 Å². The van der Waals surface area contributed by atoms with E-state index in [1.807, 2.05) is 0 Å². The standard InChI is InChI=1S/C12H20N6O5/c1-12(2,3)23-11(22)13-4-5-17(7-10(20)21)9(19)6-18-8-14-15-16-18/h8H,4-7H2,1-3H3,(H,13,22)(H,20,21). The number of amides is 2. The normalized spacial score (nSPS) is 10.9. The molecule has 0 spiro atoms. The Morgan fingerprint density at radius 3 is 2.57 bits per heavy atom. The maximum atomic E-state index is 12.1. The van der Waals surface area contributed by atoms with Gasteiger partial charge < -0.3 is 20.1 Å². The molecule has 23 heavy (non-hydrogen) atoms. The first-order chi connectivity index (χ1) is 10.7. The lowest BCUT2D eigenvalue weighted by Gasteiger charge is -2.22. The van der Waals surface area contributed by atoms with Crippen LogP contribution in [0.5, 0.6) is 0 Å². The fourth-order valence-electron chi connectivity index (χ4n) is 1.55. The molecule has 0 unspecified atom stereocenters. The van der Waals surface area contributed by atoms with Crippen LogP contribution in [-0.2, 0) is 20.9 Å². The molecule has 11 nitrogen and oxygen atoms in total. The second-order valence-electron chi connectivity index (χ2n) is 5.65. The van der Waals surface area contributed by atoms with E-state index >= 15 is 0 Å². The summed E-state index contributed by atoms with van der Waals surface area (Å²) in [6.45, 7) is 4.57. The summed E-state index contributed by atoms with van der Waals surface area (Å²) in [5.41, 5.74) is -0.638. The van der Waals surface area contributed by atoms with Crippen molar-refractivity contribution in [3.8, 4) is 0 Å². The summed E-state index contributed by atoms with van der Waals surface area (Å²) < 4.78 is 6.22. The Hall–Kier alpha value is -2.72. The van der Waals surface area contributed by atoms with Gasteiger partial charge >= 0.3 is 12.1 Å². The second-order valence-corrected chi connectivity index (χ2v) is 5.65. The average Bonchev–Trinajstić information content (AvgIpc) is 2.87. The molecule has 0 bridgehead atoms. The van der Waals surface area contributed by atoms with Crippen LogP contribution in [-0.4, -0.2) is 73.4 Å². The molecule has 11 heteroatoms. The smallest absolute Gasteiger partial charge is 0.407 e. The number of nitrogens with one attached hydrogen (secondary N) is 1. The van der Waals surface area contributed by atoms with Crippen molar-refractivity contribution in [2.24, 2.45) is 0 Å². The Bertz CT molecular complexity index is 539. The van der Waals surface area contributed by atoms with E-state index in [9.17, 15) is 14.4 Å². The summed E-state index contributed by atoms with van der Waals surface area (Å²) in [4.78, 5) is 35.5. The largest absolute Gasteiger partial charge is 0.480 e. The molecule has 2 N–H and O–H groups in total. The van der Waals surface area contributed by atoms with Crippen molar-refractivity contribution in [2.45, 2.75) is 32.9 Å². The molecule has 128 valence electrons. The lowest BCUT2D eigenvalue weighted by atomic mass is 10.2. The minimum Gasteiger partial charge on any atom is -0.480 e. The Morgan fingerprint density at radius 1 is 1.35 bits per heavy atom. The maximum Gasteiger partial charge on any atom is 0.407 e. The van der Waals surface area contributed by atoms with E-state index in [0.29, 0.717) is 0 Å². The average molecular weight is 328 g/mol. The minimum absolute atomic E-state index is 0.0203. The van der Waals surface area contributed by atoms with Crippen LogP contribution in [0.1, 0.15) is 20.8 Å². The van der Waals surface area contributed by atoms with Crippen LogP contribution in [0.4, 0.5) is 4.79 Å². The van der Waals surface area contributed by atoms with Gasteiger partial charge in [0, 0.05) is 13.1 Å². The topological polar surface area (TPSA) is 140 Å². The number of nitrogens with zero attached hydrogens (tertiary/aromatic N) is 5. The molecule has 0 aliphatic carbocycles. The molecular formula is C12H20N6O5. The van der Waals surface area contributed by atoms with Crippen molar-refractivity contribution in [3.05, 3.63) is 6.33 Å². The maximum absolute atomic E-state index is 12.1. The summed E-state index contributed by atoms with van der Waals surface area (Å²) in [6, 6.07) is 0. The number of hydrogen-bond donors (Lipinski definition) is 2. The number of aliphatic carboxylic acids is 1. The van der Waals surface area contributed by atoms with Gasteiger partial charge in [-0.05, 0) is 31.2 Å². The third-order valence-electron chi connectivity index (χ3n) is 2.42. The number of rotatable bonds is 7. The lowest BCUT2D eigenvalue weighted by Crippen LogP contribution is -2.43. The summed E-state index contributed by atoms with van der Waals surface area (Å²) >= 11 is 0. The highest BCUT2D eigenvalue weighted by Gasteiger charge is 2.19. The van der Waals surface area contributed by atoms with Crippen molar-refractivity contribution in [1.82, 2.24) is 30.4 Å². The highest BCUT2D eigenvalue weighted by molar-refractivity contribution is 5.81. The van der Waals surface area contributed by atoms with Crippen molar-refractivity contribution >= 4 is 18.0 Å². The monoisotopic (exact) mass is 328 g/mol. The number of alkyl carbamates (subject to hydrolysis) is 1. The number of carbonyl (C=O) groups is 3. The Morgan fingerprint density at radius 2 is 2.04 bits per heavy atom. The van der Waals surface area contributed by atoms with Crippen molar-refractivity contribution < 1.29 is 24.2 Å². The van der Waals surface area contributed by atoms with E-state index in [1.165, 1.54) is 11.0 Å². The molecule has 0 atom stereocenters. The number of carboxylic acid groups (broad SMARTS) is 1. The fourth-order valence-corrected chi connectivity index (χ4v) is 1.55. The van der Waals surface area contributed by atoms with Gasteiger partial charge in [0.15, 0.2) is 0 Å². The minimum atomic E-state index is -1.16. The van der Waals surface area contributed by atoms with Gasteiger partial charge in [-0.1, -0.05) is 0 Å². The molecular weight excluding hydrogens is 308 g/mol. The molecule has 1 heterocycles. The molecule has 0 aliphatic rings. The van der Waals surface area contributed by atoms with Crippen molar-refractivity contribution in [2.75, 3.05) is 19.6 Å². The highest BCUT2D eigenvalue weighted by atomic mass is 16.6. The number of ether oxygens (including phenoxy) is 1. The van der Waals surface area contributed by atoms with E-state index in [4.69, 9.17) is 9.84 Å². The predicted octanol–water partition coefficient (Wildman–Crippen LogP) is -0.889. The van der Waals surface area contributed by atoms with Crippen LogP contribution in [0.25, 0.3) is 0 Å². The third-order valence-corrected chi connectivity index (χ3v) is 2.42. The van der Waals surface area contributed by atoms with Crippen LogP contribution < -0.4 is 5.32 Å². The first kappa shape index (κ1) is 18.3. The summed E-state index contributed by atoms with van der Waals surface area (Å²) in [6.07, 6.45) is 0.608. The molecule has 0 fully saturated rings. The zero-order valence-electron chi connectivity index (χ0n) is 13.2. The van der Waals surface area contributed by atoms with Gasteiger partial charge in [0.25, 0.3) is 0 Å². The van der Waals surface area contributed by atoms with E-state index < -0.39 is 30.1 Å². The first-order valence-electron chi connectivity index (χ1n) is 6.84. The zero-order valence-corrected chi connectivity index (χ0v) is 13.2. The molecule has 2 amide bonds. The number of aromatic nitrogens is 4. The van der Waals surface area contributed by atoms with E-state index in [1.54, 1.807) is 20.8 Å². The Kier molecular flexibility index (Phi) is 6.42. The van der Waals surface area contributed by atoms with Gasteiger partial charge in [-0.3, -0.25) is 9.59 Å². The van der Waals surface area contributed by atoms with Crippen LogP contribution in [0, 0.1) is 0 Å². The van der Waals surface area contributed by atoms with Crippen molar-refractivity contribution in [1.29, 1.82) is 0 Å². The molecule has 1 aromatic heterocycles. The van der Waals surface area contributed by atoms with Crippen LogP contribution >= 0.6 is 0 Å². The van der Waals surface area contributed by atoms with Gasteiger partial charge in [-0.15, -0.1) is 5.10 Å². The van der Waals surface area contributed by atoms with E-state index in [0.717, 1.165) is 4.90 Å². The molecule has 0 saturated carbocycles. The third kappa shape index (κ3) is 7.74. The molecule has 1 aromatic rings. The molecule has 0 saturated heterocycles. The summed E-state index contributed by atoms with van der Waals surface area (Å²) in [7, 11) is 0. The van der Waals surface area contributed by atoms with Crippen LogP contribution in [0.2, 0.25) is 0 Å². The first-order valence-corrected chi connectivity index (χ1v) is 6.84. The Balaban J connectivity index is 2.49. The number of carbonyl (C=O) groups excluding carboxylic acids is 2. The molecule has 0 aliphatic heterocycles. The van der Waals surface area contributed by atoms with Gasteiger partial charge in [-0.2, -0.15) is 0 Å². The van der Waals surface area contributed by atoms with E-state index in [2.05, 4.69) is 20.8 Å². The molecule has 0 radical (unpaired) electrons. The summed E-state index contributed by atoms with van der Waals surface area (Å²) in [5.74, 6) is -1.64. The number of carboxylic acids is 1. The van der Waals surface area contributed by atoms with Gasteiger partial charge in [0.1, 0.15) is 25.0 Å². The molecule has 0 aromatic carbocycles. The highest BCUT2D eigenvalue weighted by Crippen LogP contribution is 2.06. The van der Waals surface area contributed by atoms with Crippen LogP contribution in [0.3, 0.4) is 0 Å². The van der Waals surface area contributed by atoms with Crippen LogP contribution in [0.15, 0.2) is 6.33 Å². The zero-order chi connectivity index (χ0) is 17.5.